The number of rotatable bonds is 4. The molecule has 0 aromatic heterocycles. The summed E-state index contributed by atoms with van der Waals surface area (Å²) in [5.41, 5.74) is 0. The second-order valence-electron chi connectivity index (χ2n) is 2.39. The summed E-state index contributed by atoms with van der Waals surface area (Å²) in [5.74, 6) is -2.67. The van der Waals surface area contributed by atoms with Crippen molar-refractivity contribution in [1.82, 2.24) is 0 Å². The third-order valence-corrected chi connectivity index (χ3v) is 1.40. The number of carbonyl (C=O) groups excluding carboxylic acids is 1. The Morgan fingerprint density at radius 3 is 2.46 bits per heavy atom. The van der Waals surface area contributed by atoms with E-state index >= 15 is 0 Å². The number of ether oxygens (including phenoxy) is 1. The molecule has 13 heavy (non-hydrogen) atoms. The maximum atomic E-state index is 12.0. The van der Waals surface area contributed by atoms with Gasteiger partial charge in [-0.25, -0.2) is 0 Å². The average molecular weight is 196 g/mol. The van der Waals surface area contributed by atoms with Gasteiger partial charge in [0.1, 0.15) is 0 Å². The lowest BCUT2D eigenvalue weighted by molar-refractivity contribution is -0.173. The van der Waals surface area contributed by atoms with E-state index in [1.54, 1.807) is 0 Å². The van der Waals surface area contributed by atoms with E-state index in [9.17, 15) is 18.0 Å². The molecule has 0 bridgehead atoms. The Bertz CT molecular complexity index is 186. The molecule has 2 nitrogen and oxygen atoms in total. The van der Waals surface area contributed by atoms with Crippen LogP contribution in [0.25, 0.3) is 0 Å². The molecule has 1 atom stereocenters. The Balaban J connectivity index is 4.14. The predicted molar refractivity (Wildman–Crippen MR) is 41.0 cm³/mol. The minimum atomic E-state index is -4.42. The number of esters is 1. The molecular formula is C8H11F3O2. The van der Waals surface area contributed by atoms with Gasteiger partial charge in [0.05, 0.1) is 18.9 Å². The van der Waals surface area contributed by atoms with Crippen molar-refractivity contribution in [2.45, 2.75) is 19.5 Å². The SMILES string of the molecule is C=CC(CC(=O)OCC)C(F)(F)F. The highest BCUT2D eigenvalue weighted by molar-refractivity contribution is 5.70. The van der Waals surface area contributed by atoms with Gasteiger partial charge in [-0.05, 0) is 6.92 Å². The number of allylic oxidation sites excluding steroid dienone is 1. The van der Waals surface area contributed by atoms with Crippen molar-refractivity contribution in [2.75, 3.05) is 6.61 Å². The molecule has 76 valence electrons. The van der Waals surface area contributed by atoms with Gasteiger partial charge in [-0.1, -0.05) is 6.08 Å². The quantitative estimate of drug-likeness (QED) is 0.509. The zero-order chi connectivity index (χ0) is 10.5. The minimum Gasteiger partial charge on any atom is -0.466 e. The van der Waals surface area contributed by atoms with E-state index in [1.807, 2.05) is 0 Å². The lowest BCUT2D eigenvalue weighted by atomic mass is 10.1. The molecule has 0 saturated carbocycles. The molecule has 0 aromatic carbocycles. The summed E-state index contributed by atoms with van der Waals surface area (Å²) in [6.45, 7) is 4.63. The molecule has 0 spiro atoms. The lowest BCUT2D eigenvalue weighted by Crippen LogP contribution is -2.24. The van der Waals surface area contributed by atoms with Crippen LogP contribution in [0, 0.1) is 5.92 Å². The van der Waals surface area contributed by atoms with Crippen LogP contribution in [-0.4, -0.2) is 18.8 Å². The average Bonchev–Trinajstić information content (AvgIpc) is 1.98. The molecule has 0 fully saturated rings. The highest BCUT2D eigenvalue weighted by atomic mass is 19.4. The molecule has 1 unspecified atom stereocenters. The largest absolute Gasteiger partial charge is 0.466 e. The van der Waals surface area contributed by atoms with E-state index in [1.165, 1.54) is 6.92 Å². The maximum Gasteiger partial charge on any atom is 0.395 e. The standard InChI is InChI=1S/C8H11F3O2/c1-3-6(8(9,10)11)5-7(12)13-4-2/h3,6H,1,4-5H2,2H3. The summed E-state index contributed by atoms with van der Waals surface area (Å²) < 4.78 is 40.5. The van der Waals surface area contributed by atoms with Crippen LogP contribution in [0.3, 0.4) is 0 Å². The Labute approximate surface area is 74.4 Å². The van der Waals surface area contributed by atoms with Crippen molar-refractivity contribution in [3.63, 3.8) is 0 Å². The molecule has 0 aliphatic heterocycles. The summed E-state index contributed by atoms with van der Waals surface area (Å²) in [5, 5.41) is 0. The molecule has 0 N–H and O–H groups in total. The Hall–Kier alpha value is -1.00. The lowest BCUT2D eigenvalue weighted by Gasteiger charge is -2.14. The fraction of sp³-hybridized carbons (Fsp3) is 0.625. The van der Waals surface area contributed by atoms with E-state index in [0.717, 1.165) is 0 Å². The third-order valence-electron chi connectivity index (χ3n) is 1.40. The maximum absolute atomic E-state index is 12.0. The Morgan fingerprint density at radius 2 is 2.15 bits per heavy atom. The number of hydrogen-bond acceptors (Lipinski definition) is 2. The van der Waals surface area contributed by atoms with Gasteiger partial charge in [0.2, 0.25) is 0 Å². The highest BCUT2D eigenvalue weighted by Crippen LogP contribution is 2.29. The van der Waals surface area contributed by atoms with Crippen molar-refractivity contribution in [2.24, 2.45) is 5.92 Å². The van der Waals surface area contributed by atoms with Crippen molar-refractivity contribution in [3.8, 4) is 0 Å². The molecule has 0 saturated heterocycles. The van der Waals surface area contributed by atoms with Gasteiger partial charge >= 0.3 is 12.1 Å². The fourth-order valence-corrected chi connectivity index (χ4v) is 0.732. The Kier molecular flexibility index (Phi) is 4.51. The van der Waals surface area contributed by atoms with Crippen LogP contribution in [0.1, 0.15) is 13.3 Å². The molecule has 0 aromatic rings. The van der Waals surface area contributed by atoms with Crippen molar-refractivity contribution in [1.29, 1.82) is 0 Å². The van der Waals surface area contributed by atoms with Crippen LogP contribution in [-0.2, 0) is 9.53 Å². The summed E-state index contributed by atoms with van der Waals surface area (Å²) >= 11 is 0. The first-order valence-corrected chi connectivity index (χ1v) is 3.76. The molecular weight excluding hydrogens is 185 g/mol. The van der Waals surface area contributed by atoms with Crippen LogP contribution in [0.4, 0.5) is 13.2 Å². The van der Waals surface area contributed by atoms with E-state index in [-0.39, 0.29) is 6.61 Å². The second-order valence-corrected chi connectivity index (χ2v) is 2.39. The van der Waals surface area contributed by atoms with E-state index < -0.39 is 24.5 Å². The summed E-state index contributed by atoms with van der Waals surface area (Å²) in [6.07, 6.45) is -4.41. The molecule has 0 rings (SSSR count). The van der Waals surface area contributed by atoms with Gasteiger partial charge in [-0.15, -0.1) is 6.58 Å². The number of halogens is 3. The van der Waals surface area contributed by atoms with Crippen LogP contribution < -0.4 is 0 Å². The predicted octanol–water partition coefficient (Wildman–Crippen LogP) is 2.30. The molecule has 0 radical (unpaired) electrons. The van der Waals surface area contributed by atoms with E-state index in [0.29, 0.717) is 6.08 Å². The van der Waals surface area contributed by atoms with E-state index in [4.69, 9.17) is 0 Å². The smallest absolute Gasteiger partial charge is 0.395 e. The van der Waals surface area contributed by atoms with Crippen molar-refractivity contribution in [3.05, 3.63) is 12.7 Å². The zero-order valence-corrected chi connectivity index (χ0v) is 7.23. The first-order chi connectivity index (χ1) is 5.91. The van der Waals surface area contributed by atoms with Crippen LogP contribution in [0.15, 0.2) is 12.7 Å². The zero-order valence-electron chi connectivity index (χ0n) is 7.23. The van der Waals surface area contributed by atoms with E-state index in [2.05, 4.69) is 11.3 Å². The number of alkyl halides is 3. The third kappa shape index (κ3) is 4.55. The van der Waals surface area contributed by atoms with Crippen molar-refractivity contribution < 1.29 is 22.7 Å². The second kappa shape index (κ2) is 4.89. The van der Waals surface area contributed by atoms with Crippen LogP contribution >= 0.6 is 0 Å². The number of carbonyl (C=O) groups is 1. The van der Waals surface area contributed by atoms with Gasteiger partial charge < -0.3 is 4.74 Å². The molecule has 0 aliphatic rings. The number of hydrogen-bond donors (Lipinski definition) is 0. The van der Waals surface area contributed by atoms with Crippen LogP contribution in [0.2, 0.25) is 0 Å². The van der Waals surface area contributed by atoms with Gasteiger partial charge in [0.15, 0.2) is 0 Å². The van der Waals surface area contributed by atoms with Gasteiger partial charge in [0.25, 0.3) is 0 Å². The normalized spacial score (nSPS) is 13.5. The van der Waals surface area contributed by atoms with Gasteiger partial charge in [0, 0.05) is 0 Å². The summed E-state index contributed by atoms with van der Waals surface area (Å²) in [6, 6.07) is 0. The summed E-state index contributed by atoms with van der Waals surface area (Å²) in [7, 11) is 0. The van der Waals surface area contributed by atoms with Gasteiger partial charge in [-0.3, -0.25) is 4.79 Å². The van der Waals surface area contributed by atoms with Crippen molar-refractivity contribution >= 4 is 5.97 Å². The first kappa shape index (κ1) is 12.0. The first-order valence-electron chi connectivity index (χ1n) is 3.76. The topological polar surface area (TPSA) is 26.3 Å². The minimum absolute atomic E-state index is 0.0839. The fourth-order valence-electron chi connectivity index (χ4n) is 0.732. The Morgan fingerprint density at radius 1 is 1.62 bits per heavy atom. The summed E-state index contributed by atoms with van der Waals surface area (Å²) in [4.78, 5) is 10.7. The molecule has 5 heteroatoms. The van der Waals surface area contributed by atoms with Crippen LogP contribution in [0.5, 0.6) is 0 Å². The molecule has 0 amide bonds. The monoisotopic (exact) mass is 196 g/mol. The highest BCUT2D eigenvalue weighted by Gasteiger charge is 2.38. The molecule has 0 aliphatic carbocycles. The van der Waals surface area contributed by atoms with Gasteiger partial charge in [-0.2, -0.15) is 13.2 Å². The molecule has 0 heterocycles.